The van der Waals surface area contributed by atoms with Crippen LogP contribution >= 0.6 is 27.5 Å². The number of benzene rings is 1. The van der Waals surface area contributed by atoms with Crippen LogP contribution in [0, 0.1) is 0 Å². The minimum Gasteiger partial charge on any atom is -0.327 e. The molecule has 0 unspecified atom stereocenters. The summed E-state index contributed by atoms with van der Waals surface area (Å²) in [5.41, 5.74) is 2.17. The quantitative estimate of drug-likeness (QED) is 0.782. The maximum Gasteiger partial charge on any atom is 0.124 e. The van der Waals surface area contributed by atoms with Gasteiger partial charge in [0, 0.05) is 11.0 Å². The Balaban J connectivity index is 2.63. The minimum absolute atomic E-state index is 0.465. The molecular weight excluding hydrogens is 275 g/mol. The lowest BCUT2D eigenvalue weighted by atomic mass is 10.3. The third-order valence-electron chi connectivity index (χ3n) is 2.36. The summed E-state index contributed by atoms with van der Waals surface area (Å²) in [5, 5.41) is 0. The van der Waals surface area contributed by atoms with E-state index in [-0.39, 0.29) is 0 Å². The largest absolute Gasteiger partial charge is 0.327 e. The SMILES string of the molecule is CCCn1c(CCl)nc2cc(Br)ccc21. The van der Waals surface area contributed by atoms with Gasteiger partial charge in [-0.3, -0.25) is 0 Å². The highest BCUT2D eigenvalue weighted by molar-refractivity contribution is 9.10. The smallest absolute Gasteiger partial charge is 0.124 e. The van der Waals surface area contributed by atoms with Gasteiger partial charge in [-0.2, -0.15) is 0 Å². The van der Waals surface area contributed by atoms with Crippen LogP contribution in [-0.4, -0.2) is 9.55 Å². The van der Waals surface area contributed by atoms with E-state index < -0.39 is 0 Å². The molecule has 0 atom stereocenters. The van der Waals surface area contributed by atoms with Gasteiger partial charge in [0.1, 0.15) is 5.82 Å². The van der Waals surface area contributed by atoms with Gasteiger partial charge in [0.2, 0.25) is 0 Å². The van der Waals surface area contributed by atoms with Gasteiger partial charge < -0.3 is 4.57 Å². The van der Waals surface area contributed by atoms with Crippen molar-refractivity contribution in [2.45, 2.75) is 25.8 Å². The highest BCUT2D eigenvalue weighted by Crippen LogP contribution is 2.22. The van der Waals surface area contributed by atoms with Crippen LogP contribution in [-0.2, 0) is 12.4 Å². The predicted octanol–water partition coefficient (Wildman–Crippen LogP) is 3.95. The van der Waals surface area contributed by atoms with Gasteiger partial charge in [0.25, 0.3) is 0 Å². The van der Waals surface area contributed by atoms with Crippen LogP contribution in [0.25, 0.3) is 11.0 Å². The van der Waals surface area contributed by atoms with Crippen LogP contribution in [0.1, 0.15) is 19.2 Å². The molecule has 1 aromatic carbocycles. The van der Waals surface area contributed by atoms with E-state index in [1.807, 2.05) is 12.1 Å². The zero-order valence-electron chi connectivity index (χ0n) is 8.50. The van der Waals surface area contributed by atoms with Crippen LogP contribution in [0.2, 0.25) is 0 Å². The van der Waals surface area contributed by atoms with Crippen LogP contribution in [0.3, 0.4) is 0 Å². The Labute approximate surface area is 102 Å². The van der Waals surface area contributed by atoms with E-state index in [1.54, 1.807) is 0 Å². The fourth-order valence-electron chi connectivity index (χ4n) is 1.73. The minimum atomic E-state index is 0.465. The number of hydrogen-bond donors (Lipinski definition) is 0. The van der Waals surface area contributed by atoms with Gasteiger partial charge >= 0.3 is 0 Å². The van der Waals surface area contributed by atoms with Crippen molar-refractivity contribution in [1.82, 2.24) is 9.55 Å². The molecule has 4 heteroatoms. The number of hydrogen-bond acceptors (Lipinski definition) is 1. The summed E-state index contributed by atoms with van der Waals surface area (Å²) < 4.78 is 3.24. The lowest BCUT2D eigenvalue weighted by Gasteiger charge is -2.04. The van der Waals surface area contributed by atoms with Crippen molar-refractivity contribution in [3.05, 3.63) is 28.5 Å². The summed E-state index contributed by atoms with van der Waals surface area (Å²) in [7, 11) is 0. The first kappa shape index (κ1) is 11.0. The van der Waals surface area contributed by atoms with Crippen molar-refractivity contribution >= 4 is 38.6 Å². The van der Waals surface area contributed by atoms with Gasteiger partial charge in [-0.15, -0.1) is 11.6 Å². The molecule has 0 saturated heterocycles. The molecule has 80 valence electrons. The van der Waals surface area contributed by atoms with Crippen LogP contribution < -0.4 is 0 Å². The molecule has 0 aliphatic carbocycles. The molecule has 2 aromatic rings. The fraction of sp³-hybridized carbons (Fsp3) is 0.364. The molecule has 0 fully saturated rings. The zero-order valence-corrected chi connectivity index (χ0v) is 10.8. The summed E-state index contributed by atoms with van der Waals surface area (Å²) in [4.78, 5) is 4.51. The second-order valence-electron chi connectivity index (χ2n) is 3.45. The van der Waals surface area contributed by atoms with Crippen molar-refractivity contribution in [2.24, 2.45) is 0 Å². The third-order valence-corrected chi connectivity index (χ3v) is 3.09. The number of halogens is 2. The van der Waals surface area contributed by atoms with Crippen LogP contribution in [0.15, 0.2) is 22.7 Å². The van der Waals surface area contributed by atoms with Crippen molar-refractivity contribution in [2.75, 3.05) is 0 Å². The van der Waals surface area contributed by atoms with Gasteiger partial charge in [-0.25, -0.2) is 4.98 Å². The molecule has 0 N–H and O–H groups in total. The number of aromatic nitrogens is 2. The van der Waals surface area contributed by atoms with Gasteiger partial charge in [0.15, 0.2) is 0 Å². The van der Waals surface area contributed by atoms with E-state index in [1.165, 1.54) is 0 Å². The average Bonchev–Trinajstić information content (AvgIpc) is 2.56. The van der Waals surface area contributed by atoms with Crippen molar-refractivity contribution in [3.63, 3.8) is 0 Å². The first-order valence-corrected chi connectivity index (χ1v) is 6.29. The molecule has 0 radical (unpaired) electrons. The maximum absolute atomic E-state index is 5.88. The summed E-state index contributed by atoms with van der Waals surface area (Å²) >= 11 is 9.33. The first-order chi connectivity index (χ1) is 7.26. The summed E-state index contributed by atoms with van der Waals surface area (Å²) in [6.07, 6.45) is 1.09. The summed E-state index contributed by atoms with van der Waals surface area (Å²) in [6, 6.07) is 6.14. The number of fused-ring (bicyclic) bond motifs is 1. The Bertz CT molecular complexity index is 479. The molecule has 0 aliphatic rings. The standard InChI is InChI=1S/C11H12BrClN2/c1-2-5-15-10-4-3-8(12)6-9(10)14-11(15)7-13/h3-4,6H,2,5,7H2,1H3. The third kappa shape index (κ3) is 2.04. The maximum atomic E-state index is 5.88. The molecule has 0 aliphatic heterocycles. The van der Waals surface area contributed by atoms with Gasteiger partial charge in [0.05, 0.1) is 16.9 Å². The summed E-state index contributed by atoms with van der Waals surface area (Å²) in [5.74, 6) is 1.42. The topological polar surface area (TPSA) is 17.8 Å². The Morgan fingerprint density at radius 1 is 1.47 bits per heavy atom. The van der Waals surface area contributed by atoms with Crippen molar-refractivity contribution < 1.29 is 0 Å². The van der Waals surface area contributed by atoms with E-state index in [0.717, 1.165) is 34.3 Å². The zero-order chi connectivity index (χ0) is 10.8. The Morgan fingerprint density at radius 3 is 2.93 bits per heavy atom. The Morgan fingerprint density at radius 2 is 2.27 bits per heavy atom. The molecule has 0 amide bonds. The number of aryl methyl sites for hydroxylation is 1. The molecule has 0 bridgehead atoms. The van der Waals surface area contributed by atoms with E-state index in [0.29, 0.717) is 5.88 Å². The van der Waals surface area contributed by atoms with Crippen LogP contribution in [0.4, 0.5) is 0 Å². The average molecular weight is 288 g/mol. The molecular formula is C11H12BrClN2. The highest BCUT2D eigenvalue weighted by Gasteiger charge is 2.08. The molecule has 15 heavy (non-hydrogen) atoms. The van der Waals surface area contributed by atoms with E-state index in [9.17, 15) is 0 Å². The fourth-order valence-corrected chi connectivity index (χ4v) is 2.28. The van der Waals surface area contributed by atoms with Crippen molar-refractivity contribution in [3.8, 4) is 0 Å². The number of alkyl halides is 1. The molecule has 2 nitrogen and oxygen atoms in total. The monoisotopic (exact) mass is 286 g/mol. The number of imidazole rings is 1. The molecule has 0 spiro atoms. The van der Waals surface area contributed by atoms with Crippen LogP contribution in [0.5, 0.6) is 0 Å². The molecule has 0 saturated carbocycles. The second kappa shape index (κ2) is 4.54. The normalized spacial score (nSPS) is 11.1. The number of rotatable bonds is 3. The molecule has 1 heterocycles. The lowest BCUT2D eigenvalue weighted by Crippen LogP contribution is -2.01. The van der Waals surface area contributed by atoms with Crippen molar-refractivity contribution in [1.29, 1.82) is 0 Å². The van der Waals surface area contributed by atoms with E-state index >= 15 is 0 Å². The Hall–Kier alpha value is -0.540. The lowest BCUT2D eigenvalue weighted by molar-refractivity contribution is 0.672. The first-order valence-electron chi connectivity index (χ1n) is 4.97. The highest BCUT2D eigenvalue weighted by atomic mass is 79.9. The van der Waals surface area contributed by atoms with Gasteiger partial charge in [-0.05, 0) is 24.6 Å². The molecule has 2 rings (SSSR count). The van der Waals surface area contributed by atoms with E-state index in [4.69, 9.17) is 11.6 Å². The summed E-state index contributed by atoms with van der Waals surface area (Å²) in [6.45, 7) is 3.13. The second-order valence-corrected chi connectivity index (χ2v) is 4.63. The Kier molecular flexibility index (Phi) is 3.32. The predicted molar refractivity (Wildman–Crippen MR) is 67.3 cm³/mol. The van der Waals surface area contributed by atoms with Gasteiger partial charge in [-0.1, -0.05) is 22.9 Å². The number of nitrogens with zero attached hydrogens (tertiary/aromatic N) is 2. The van der Waals surface area contributed by atoms with E-state index in [2.05, 4.69) is 38.5 Å². The molecule has 1 aromatic heterocycles.